The fourth-order valence-corrected chi connectivity index (χ4v) is 2.48. The molecule has 0 unspecified atom stereocenters. The van der Waals surface area contributed by atoms with Crippen LogP contribution >= 0.6 is 0 Å². The van der Waals surface area contributed by atoms with Gasteiger partial charge in [-0.2, -0.15) is 5.26 Å². The van der Waals surface area contributed by atoms with Crippen molar-refractivity contribution in [3.8, 4) is 17.3 Å². The van der Waals surface area contributed by atoms with Crippen LogP contribution in [0.25, 0.3) is 16.9 Å². The Hall–Kier alpha value is -2.80. The number of aryl methyl sites for hydroxylation is 1. The topological polar surface area (TPSA) is 67.1 Å². The maximum atomic E-state index is 9.10. The van der Waals surface area contributed by atoms with Gasteiger partial charge in [-0.1, -0.05) is 31.2 Å². The number of aromatic nitrogens is 2. The zero-order valence-corrected chi connectivity index (χ0v) is 11.9. The van der Waals surface area contributed by atoms with Crippen molar-refractivity contribution in [1.29, 1.82) is 5.26 Å². The van der Waals surface area contributed by atoms with E-state index in [1.807, 2.05) is 22.7 Å². The third-order valence-corrected chi connectivity index (χ3v) is 3.62. The van der Waals surface area contributed by atoms with Crippen LogP contribution in [0, 0.1) is 11.3 Å². The molecule has 2 aromatic heterocycles. The van der Waals surface area contributed by atoms with Gasteiger partial charge in [-0.15, -0.1) is 0 Å². The van der Waals surface area contributed by atoms with E-state index in [0.29, 0.717) is 12.1 Å². The van der Waals surface area contributed by atoms with Gasteiger partial charge in [0.2, 0.25) is 0 Å². The number of rotatable bonds is 3. The van der Waals surface area contributed by atoms with E-state index in [-0.39, 0.29) is 0 Å². The molecule has 0 aliphatic rings. The third-order valence-electron chi connectivity index (χ3n) is 3.62. The molecule has 0 bridgehead atoms. The summed E-state index contributed by atoms with van der Waals surface area (Å²) in [7, 11) is 0. The van der Waals surface area contributed by atoms with E-state index in [1.54, 1.807) is 0 Å². The molecule has 0 aliphatic heterocycles. The first-order valence-corrected chi connectivity index (χ1v) is 6.95. The summed E-state index contributed by atoms with van der Waals surface area (Å²) in [5.74, 6) is 0. The first-order chi connectivity index (χ1) is 10.2. The molecule has 0 atom stereocenters. The lowest BCUT2D eigenvalue weighted by atomic mass is 10.1. The highest BCUT2D eigenvalue weighted by Gasteiger charge is 2.13. The van der Waals surface area contributed by atoms with Crippen LogP contribution < -0.4 is 5.73 Å². The molecule has 3 rings (SSSR count). The Kier molecular flexibility index (Phi) is 3.33. The van der Waals surface area contributed by atoms with Crippen molar-refractivity contribution in [3.05, 3.63) is 53.9 Å². The predicted molar refractivity (Wildman–Crippen MR) is 83.7 cm³/mol. The lowest BCUT2D eigenvalue weighted by Gasteiger charge is -2.03. The fourth-order valence-electron chi connectivity index (χ4n) is 2.48. The normalized spacial score (nSPS) is 10.7. The second kappa shape index (κ2) is 5.29. The molecule has 0 radical (unpaired) electrons. The van der Waals surface area contributed by atoms with Crippen molar-refractivity contribution in [2.24, 2.45) is 0 Å². The summed E-state index contributed by atoms with van der Waals surface area (Å²) in [6, 6.07) is 14.2. The van der Waals surface area contributed by atoms with Crippen molar-refractivity contribution in [2.45, 2.75) is 19.8 Å². The number of nitrogens with zero attached hydrogens (tertiary/aromatic N) is 3. The highest BCUT2D eigenvalue weighted by molar-refractivity contribution is 5.68. The van der Waals surface area contributed by atoms with E-state index in [2.05, 4.69) is 42.2 Å². The minimum Gasteiger partial charge on any atom is -0.398 e. The Balaban J connectivity index is 2.20. The Labute approximate surface area is 123 Å². The SMILES string of the molecule is CCc1ccc(-c2nc3ccc(N)cn3c2CC#N)cc1. The van der Waals surface area contributed by atoms with Gasteiger partial charge >= 0.3 is 0 Å². The van der Waals surface area contributed by atoms with E-state index in [9.17, 15) is 0 Å². The van der Waals surface area contributed by atoms with Crippen LogP contribution in [-0.4, -0.2) is 9.38 Å². The average Bonchev–Trinajstić information content (AvgIpc) is 2.86. The van der Waals surface area contributed by atoms with E-state index < -0.39 is 0 Å². The van der Waals surface area contributed by atoms with Crippen LogP contribution in [0.4, 0.5) is 5.69 Å². The molecule has 0 amide bonds. The summed E-state index contributed by atoms with van der Waals surface area (Å²) in [5.41, 5.74) is 11.4. The standard InChI is InChI=1S/C17H16N4/c1-2-12-3-5-13(6-4-12)17-15(9-10-18)21-11-14(19)7-8-16(21)20-17/h3-8,11H,2,9,19H2,1H3. The Morgan fingerprint density at radius 1 is 1.19 bits per heavy atom. The van der Waals surface area contributed by atoms with Crippen molar-refractivity contribution in [3.63, 3.8) is 0 Å². The Morgan fingerprint density at radius 3 is 2.62 bits per heavy atom. The molecular formula is C17H16N4. The molecular weight excluding hydrogens is 260 g/mol. The first-order valence-electron chi connectivity index (χ1n) is 6.95. The number of nitrogens with two attached hydrogens (primary N) is 1. The predicted octanol–water partition coefficient (Wildman–Crippen LogP) is 3.21. The van der Waals surface area contributed by atoms with Crippen LogP contribution in [0.1, 0.15) is 18.2 Å². The number of benzene rings is 1. The van der Waals surface area contributed by atoms with Crippen molar-refractivity contribution in [1.82, 2.24) is 9.38 Å². The number of hydrogen-bond acceptors (Lipinski definition) is 3. The van der Waals surface area contributed by atoms with Crippen LogP contribution in [0.3, 0.4) is 0 Å². The zero-order valence-electron chi connectivity index (χ0n) is 11.9. The summed E-state index contributed by atoms with van der Waals surface area (Å²) in [4.78, 5) is 4.65. The summed E-state index contributed by atoms with van der Waals surface area (Å²) in [6.07, 6.45) is 3.13. The quantitative estimate of drug-likeness (QED) is 0.798. The number of fused-ring (bicyclic) bond motifs is 1. The molecule has 4 heteroatoms. The Bertz CT molecular complexity index is 822. The van der Waals surface area contributed by atoms with Gasteiger partial charge in [0, 0.05) is 17.4 Å². The summed E-state index contributed by atoms with van der Waals surface area (Å²) in [6.45, 7) is 2.13. The van der Waals surface area contributed by atoms with Gasteiger partial charge in [0.1, 0.15) is 5.65 Å². The van der Waals surface area contributed by atoms with Crippen LogP contribution in [0.2, 0.25) is 0 Å². The Morgan fingerprint density at radius 2 is 1.95 bits per heavy atom. The number of nitrogen functional groups attached to an aromatic ring is 1. The number of hydrogen-bond donors (Lipinski definition) is 1. The molecule has 4 nitrogen and oxygen atoms in total. The second-order valence-electron chi connectivity index (χ2n) is 4.98. The third kappa shape index (κ3) is 2.34. The van der Waals surface area contributed by atoms with Gasteiger partial charge in [0.15, 0.2) is 0 Å². The minimum absolute atomic E-state index is 0.301. The summed E-state index contributed by atoms with van der Waals surface area (Å²) < 4.78 is 1.90. The van der Waals surface area contributed by atoms with Crippen LogP contribution in [0.15, 0.2) is 42.6 Å². The molecule has 21 heavy (non-hydrogen) atoms. The van der Waals surface area contributed by atoms with Gasteiger partial charge < -0.3 is 10.1 Å². The second-order valence-corrected chi connectivity index (χ2v) is 4.98. The maximum Gasteiger partial charge on any atom is 0.137 e. The molecule has 0 saturated carbocycles. The first kappa shape index (κ1) is 13.2. The largest absolute Gasteiger partial charge is 0.398 e. The lowest BCUT2D eigenvalue weighted by Crippen LogP contribution is -1.95. The van der Waals surface area contributed by atoms with E-state index in [1.165, 1.54) is 5.56 Å². The molecule has 1 aromatic carbocycles. The molecule has 0 spiro atoms. The zero-order chi connectivity index (χ0) is 14.8. The van der Waals surface area contributed by atoms with Crippen molar-refractivity contribution < 1.29 is 0 Å². The van der Waals surface area contributed by atoms with E-state index >= 15 is 0 Å². The van der Waals surface area contributed by atoms with Gasteiger partial charge in [-0.25, -0.2) is 4.98 Å². The van der Waals surface area contributed by atoms with Gasteiger partial charge in [0.25, 0.3) is 0 Å². The van der Waals surface area contributed by atoms with Crippen molar-refractivity contribution in [2.75, 3.05) is 5.73 Å². The average molecular weight is 276 g/mol. The number of pyridine rings is 1. The number of anilines is 1. The van der Waals surface area contributed by atoms with Crippen LogP contribution in [0.5, 0.6) is 0 Å². The molecule has 0 saturated heterocycles. The molecule has 104 valence electrons. The van der Waals surface area contributed by atoms with Gasteiger partial charge in [-0.05, 0) is 24.1 Å². The van der Waals surface area contributed by atoms with Gasteiger partial charge in [0.05, 0.1) is 23.9 Å². The highest BCUT2D eigenvalue weighted by atomic mass is 15.0. The monoisotopic (exact) mass is 276 g/mol. The summed E-state index contributed by atoms with van der Waals surface area (Å²) >= 11 is 0. The van der Waals surface area contributed by atoms with Crippen LogP contribution in [-0.2, 0) is 12.8 Å². The van der Waals surface area contributed by atoms with Crippen molar-refractivity contribution >= 4 is 11.3 Å². The highest BCUT2D eigenvalue weighted by Crippen LogP contribution is 2.26. The fraction of sp³-hybridized carbons (Fsp3) is 0.176. The molecule has 2 N–H and O–H groups in total. The molecule has 2 heterocycles. The number of imidazole rings is 1. The lowest BCUT2D eigenvalue weighted by molar-refractivity contribution is 1.06. The minimum atomic E-state index is 0.301. The molecule has 3 aromatic rings. The van der Waals surface area contributed by atoms with E-state index in [0.717, 1.165) is 29.0 Å². The van der Waals surface area contributed by atoms with Gasteiger partial charge in [-0.3, -0.25) is 0 Å². The summed E-state index contributed by atoms with van der Waals surface area (Å²) in [5, 5.41) is 9.10. The molecule has 0 aliphatic carbocycles. The smallest absolute Gasteiger partial charge is 0.137 e. The van der Waals surface area contributed by atoms with E-state index in [4.69, 9.17) is 11.0 Å². The number of nitriles is 1. The maximum absolute atomic E-state index is 9.10. The molecule has 0 fully saturated rings.